The van der Waals surface area contributed by atoms with E-state index < -0.39 is 27.8 Å². The predicted molar refractivity (Wildman–Crippen MR) is 101 cm³/mol. The molecule has 0 aliphatic rings. The SMILES string of the molecule is COc1ccc(C)cc1NC(=O)C(C)OC(=O)c1ccccc1S(C)(=O)=O. The summed E-state index contributed by atoms with van der Waals surface area (Å²) in [6.07, 6.45) is -0.144. The maximum Gasteiger partial charge on any atom is 0.340 e. The van der Waals surface area contributed by atoms with E-state index in [9.17, 15) is 18.0 Å². The van der Waals surface area contributed by atoms with E-state index in [0.29, 0.717) is 11.4 Å². The van der Waals surface area contributed by atoms with Gasteiger partial charge in [0.05, 0.1) is 23.3 Å². The van der Waals surface area contributed by atoms with Crippen molar-refractivity contribution in [3.63, 3.8) is 0 Å². The molecular weight excluding hydrogens is 370 g/mol. The molecule has 27 heavy (non-hydrogen) atoms. The fraction of sp³-hybridized carbons (Fsp3) is 0.263. The largest absolute Gasteiger partial charge is 0.495 e. The number of hydrogen-bond donors (Lipinski definition) is 1. The van der Waals surface area contributed by atoms with Crippen LogP contribution >= 0.6 is 0 Å². The highest BCUT2D eigenvalue weighted by molar-refractivity contribution is 7.90. The lowest BCUT2D eigenvalue weighted by molar-refractivity contribution is -0.123. The number of rotatable bonds is 6. The molecule has 144 valence electrons. The Bertz CT molecular complexity index is 968. The lowest BCUT2D eigenvalue weighted by Crippen LogP contribution is -2.30. The Hall–Kier alpha value is -2.87. The Morgan fingerprint density at radius 1 is 1.11 bits per heavy atom. The molecule has 2 aromatic carbocycles. The van der Waals surface area contributed by atoms with Gasteiger partial charge in [-0.15, -0.1) is 0 Å². The van der Waals surface area contributed by atoms with Crippen LogP contribution in [0.1, 0.15) is 22.8 Å². The van der Waals surface area contributed by atoms with Crippen molar-refractivity contribution in [3.8, 4) is 5.75 Å². The first-order chi connectivity index (χ1) is 12.6. The van der Waals surface area contributed by atoms with Crippen LogP contribution in [0.3, 0.4) is 0 Å². The topological polar surface area (TPSA) is 98.8 Å². The number of carbonyl (C=O) groups excluding carboxylic acids is 2. The van der Waals surface area contributed by atoms with Crippen LogP contribution in [0.25, 0.3) is 0 Å². The summed E-state index contributed by atoms with van der Waals surface area (Å²) >= 11 is 0. The van der Waals surface area contributed by atoms with E-state index in [2.05, 4.69) is 5.32 Å². The Balaban J connectivity index is 2.16. The fourth-order valence-corrected chi connectivity index (χ4v) is 3.27. The predicted octanol–water partition coefficient (Wildman–Crippen LogP) is 2.59. The van der Waals surface area contributed by atoms with Crippen LogP contribution in [0.4, 0.5) is 5.69 Å². The van der Waals surface area contributed by atoms with Crippen LogP contribution in [0.2, 0.25) is 0 Å². The first-order valence-electron chi connectivity index (χ1n) is 8.09. The molecule has 7 nitrogen and oxygen atoms in total. The van der Waals surface area contributed by atoms with Crippen LogP contribution in [-0.4, -0.2) is 39.8 Å². The van der Waals surface area contributed by atoms with Crippen molar-refractivity contribution >= 4 is 27.4 Å². The second-order valence-electron chi connectivity index (χ2n) is 6.01. The van der Waals surface area contributed by atoms with E-state index >= 15 is 0 Å². The molecule has 8 heteroatoms. The second kappa shape index (κ2) is 8.22. The maximum atomic E-state index is 12.4. The monoisotopic (exact) mass is 391 g/mol. The average molecular weight is 391 g/mol. The number of nitrogens with one attached hydrogen (secondary N) is 1. The lowest BCUT2D eigenvalue weighted by Gasteiger charge is -2.16. The van der Waals surface area contributed by atoms with Crippen molar-refractivity contribution in [2.75, 3.05) is 18.7 Å². The lowest BCUT2D eigenvalue weighted by atomic mass is 10.2. The molecule has 2 aromatic rings. The normalized spacial score (nSPS) is 12.1. The van der Waals surface area contributed by atoms with Gasteiger partial charge in [-0.2, -0.15) is 0 Å². The molecule has 0 saturated heterocycles. The van der Waals surface area contributed by atoms with Crippen LogP contribution in [0.5, 0.6) is 5.75 Å². The maximum absolute atomic E-state index is 12.4. The summed E-state index contributed by atoms with van der Waals surface area (Å²) in [6.45, 7) is 3.26. The molecule has 0 radical (unpaired) electrons. The summed E-state index contributed by atoms with van der Waals surface area (Å²) in [5.41, 5.74) is 1.24. The van der Waals surface area contributed by atoms with E-state index in [1.165, 1.54) is 38.3 Å². The van der Waals surface area contributed by atoms with Crippen LogP contribution in [-0.2, 0) is 19.4 Å². The van der Waals surface area contributed by atoms with E-state index in [0.717, 1.165) is 11.8 Å². The molecule has 0 saturated carbocycles. The average Bonchev–Trinajstić information content (AvgIpc) is 2.61. The summed E-state index contributed by atoms with van der Waals surface area (Å²) in [5.74, 6) is -0.992. The highest BCUT2D eigenvalue weighted by Gasteiger charge is 2.24. The summed E-state index contributed by atoms with van der Waals surface area (Å²) < 4.78 is 34.0. The van der Waals surface area contributed by atoms with Crippen LogP contribution < -0.4 is 10.1 Å². The number of hydrogen-bond acceptors (Lipinski definition) is 6. The number of amides is 1. The van der Waals surface area contributed by atoms with Gasteiger partial charge in [-0.1, -0.05) is 18.2 Å². The van der Waals surface area contributed by atoms with Gasteiger partial charge in [-0.3, -0.25) is 4.79 Å². The minimum absolute atomic E-state index is 0.118. The molecule has 1 amide bonds. The fourth-order valence-electron chi connectivity index (χ4n) is 2.39. The third-order valence-corrected chi connectivity index (χ3v) is 4.93. The van der Waals surface area contributed by atoms with Gasteiger partial charge in [0.15, 0.2) is 15.9 Å². The highest BCUT2D eigenvalue weighted by Crippen LogP contribution is 2.25. The van der Waals surface area contributed by atoms with Crippen molar-refractivity contribution in [2.24, 2.45) is 0 Å². The third-order valence-electron chi connectivity index (χ3n) is 3.77. The van der Waals surface area contributed by atoms with Gasteiger partial charge < -0.3 is 14.8 Å². The summed E-state index contributed by atoms with van der Waals surface area (Å²) in [7, 11) is -2.14. The molecule has 1 unspecified atom stereocenters. The zero-order valence-electron chi connectivity index (χ0n) is 15.5. The number of carbonyl (C=O) groups is 2. The molecule has 2 rings (SSSR count). The van der Waals surface area contributed by atoms with E-state index in [4.69, 9.17) is 9.47 Å². The molecule has 0 aliphatic carbocycles. The molecule has 0 spiro atoms. The Kier molecular flexibility index (Phi) is 6.22. The number of sulfone groups is 1. The van der Waals surface area contributed by atoms with Crippen LogP contribution in [0.15, 0.2) is 47.4 Å². The molecular formula is C19H21NO6S. The highest BCUT2D eigenvalue weighted by atomic mass is 32.2. The summed E-state index contributed by atoms with van der Waals surface area (Å²) in [5, 5.41) is 2.64. The van der Waals surface area contributed by atoms with Gasteiger partial charge in [-0.25, -0.2) is 13.2 Å². The van der Waals surface area contributed by atoms with Gasteiger partial charge in [0.2, 0.25) is 0 Å². The van der Waals surface area contributed by atoms with Crippen molar-refractivity contribution in [1.82, 2.24) is 0 Å². The minimum atomic E-state index is -3.61. The van der Waals surface area contributed by atoms with Gasteiger partial charge >= 0.3 is 5.97 Å². The molecule has 1 N–H and O–H groups in total. The summed E-state index contributed by atoms with van der Waals surface area (Å²) in [4.78, 5) is 24.6. The van der Waals surface area contributed by atoms with Gasteiger partial charge in [0, 0.05) is 6.26 Å². The number of ether oxygens (including phenoxy) is 2. The van der Waals surface area contributed by atoms with Gasteiger partial charge in [0.25, 0.3) is 5.91 Å². The van der Waals surface area contributed by atoms with Crippen molar-refractivity contribution in [2.45, 2.75) is 24.8 Å². The second-order valence-corrected chi connectivity index (χ2v) is 7.99. The molecule has 0 heterocycles. The number of anilines is 1. The Morgan fingerprint density at radius 3 is 2.41 bits per heavy atom. The van der Waals surface area contributed by atoms with Gasteiger partial charge in [-0.05, 0) is 43.7 Å². The van der Waals surface area contributed by atoms with Crippen molar-refractivity contribution in [1.29, 1.82) is 0 Å². The van der Waals surface area contributed by atoms with E-state index in [-0.39, 0.29) is 10.5 Å². The van der Waals surface area contributed by atoms with Gasteiger partial charge in [0.1, 0.15) is 5.75 Å². The molecule has 0 bridgehead atoms. The van der Waals surface area contributed by atoms with E-state index in [1.54, 1.807) is 12.1 Å². The third kappa shape index (κ3) is 5.07. The first kappa shape index (κ1) is 20.4. The number of aryl methyl sites for hydroxylation is 1. The number of methoxy groups -OCH3 is 1. The standard InChI is InChI=1S/C19H21NO6S/c1-12-9-10-16(25-3)15(11-12)20-18(21)13(2)26-19(22)14-7-5-6-8-17(14)27(4,23)24/h5-11,13H,1-4H3,(H,20,21). The Labute approximate surface area is 158 Å². The molecule has 0 aromatic heterocycles. The van der Waals surface area contributed by atoms with E-state index in [1.807, 2.05) is 13.0 Å². The molecule has 0 aliphatic heterocycles. The van der Waals surface area contributed by atoms with Crippen molar-refractivity contribution < 1.29 is 27.5 Å². The summed E-state index contributed by atoms with van der Waals surface area (Å²) in [6, 6.07) is 11.0. The quantitative estimate of drug-likeness (QED) is 0.760. The Morgan fingerprint density at radius 2 is 1.78 bits per heavy atom. The minimum Gasteiger partial charge on any atom is -0.495 e. The number of benzene rings is 2. The molecule has 1 atom stereocenters. The smallest absolute Gasteiger partial charge is 0.340 e. The van der Waals surface area contributed by atoms with Crippen molar-refractivity contribution in [3.05, 3.63) is 53.6 Å². The zero-order chi connectivity index (χ0) is 20.2. The zero-order valence-corrected chi connectivity index (χ0v) is 16.3. The molecule has 0 fully saturated rings. The number of esters is 1. The first-order valence-corrected chi connectivity index (χ1v) is 9.98. The van der Waals surface area contributed by atoms with Crippen LogP contribution in [0, 0.1) is 6.92 Å².